The first-order chi connectivity index (χ1) is 10.2. The molecule has 4 nitrogen and oxygen atoms in total. The highest BCUT2D eigenvalue weighted by Gasteiger charge is 2.54. The molecule has 0 aromatic carbocycles. The Balaban J connectivity index is 0.00000125. The van der Waals surface area contributed by atoms with Crippen LogP contribution in [0.15, 0.2) is 4.52 Å². The van der Waals surface area contributed by atoms with E-state index in [-0.39, 0.29) is 23.4 Å². The molecule has 4 bridgehead atoms. The molecule has 0 aliphatic heterocycles. The zero-order chi connectivity index (χ0) is 14.1. The van der Waals surface area contributed by atoms with E-state index in [2.05, 4.69) is 5.16 Å². The SMILES string of the molecule is Cl.NC1(c2nc(C34CC5CC(CC(C5)C3)C4)no2)CCCC1. The van der Waals surface area contributed by atoms with E-state index in [1.807, 2.05) is 0 Å². The van der Waals surface area contributed by atoms with E-state index in [4.69, 9.17) is 15.2 Å². The summed E-state index contributed by atoms with van der Waals surface area (Å²) in [5.41, 5.74) is 6.38. The molecule has 0 atom stereocenters. The molecule has 22 heavy (non-hydrogen) atoms. The van der Waals surface area contributed by atoms with Crippen molar-refractivity contribution in [3.8, 4) is 0 Å². The summed E-state index contributed by atoms with van der Waals surface area (Å²) in [6, 6.07) is 0. The molecule has 2 N–H and O–H groups in total. The van der Waals surface area contributed by atoms with Gasteiger partial charge in [0.25, 0.3) is 0 Å². The lowest BCUT2D eigenvalue weighted by atomic mass is 9.49. The second-order valence-corrected chi connectivity index (χ2v) is 8.48. The lowest BCUT2D eigenvalue weighted by molar-refractivity contribution is -0.0103. The monoisotopic (exact) mass is 323 g/mol. The van der Waals surface area contributed by atoms with Crippen LogP contribution in [0.4, 0.5) is 0 Å². The van der Waals surface area contributed by atoms with Gasteiger partial charge in [-0.3, -0.25) is 0 Å². The molecule has 0 unspecified atom stereocenters. The second kappa shape index (κ2) is 4.94. The van der Waals surface area contributed by atoms with Gasteiger partial charge >= 0.3 is 0 Å². The molecule has 1 aromatic rings. The topological polar surface area (TPSA) is 64.9 Å². The maximum atomic E-state index is 6.49. The van der Waals surface area contributed by atoms with E-state index in [0.29, 0.717) is 5.89 Å². The van der Waals surface area contributed by atoms with E-state index in [0.717, 1.165) is 36.4 Å². The molecule has 0 saturated heterocycles. The minimum atomic E-state index is -0.340. The van der Waals surface area contributed by atoms with Gasteiger partial charge in [-0.05, 0) is 69.1 Å². The van der Waals surface area contributed by atoms with Crippen molar-refractivity contribution in [3.63, 3.8) is 0 Å². The Morgan fingerprint density at radius 2 is 1.50 bits per heavy atom. The first kappa shape index (κ1) is 14.9. The number of hydrogen-bond donors (Lipinski definition) is 1. The molecular weight excluding hydrogens is 298 g/mol. The minimum Gasteiger partial charge on any atom is -0.337 e. The van der Waals surface area contributed by atoms with Crippen molar-refractivity contribution in [2.24, 2.45) is 23.5 Å². The number of rotatable bonds is 2. The number of nitrogens with two attached hydrogens (primary N) is 1. The normalized spacial score (nSPS) is 41.6. The van der Waals surface area contributed by atoms with Crippen LogP contribution >= 0.6 is 12.4 Å². The van der Waals surface area contributed by atoms with E-state index < -0.39 is 0 Å². The molecule has 1 aromatic heterocycles. The van der Waals surface area contributed by atoms with Gasteiger partial charge in [-0.2, -0.15) is 4.98 Å². The first-order valence-electron chi connectivity index (χ1n) is 8.79. The van der Waals surface area contributed by atoms with Crippen molar-refractivity contribution in [2.45, 2.75) is 75.2 Å². The van der Waals surface area contributed by atoms with Crippen LogP contribution in [-0.2, 0) is 11.0 Å². The molecule has 0 spiro atoms. The molecule has 0 radical (unpaired) electrons. The Bertz CT molecular complexity index is 529. The Morgan fingerprint density at radius 1 is 0.955 bits per heavy atom. The largest absolute Gasteiger partial charge is 0.337 e. The second-order valence-electron chi connectivity index (χ2n) is 8.48. The van der Waals surface area contributed by atoms with Crippen LogP contribution in [0.1, 0.15) is 75.9 Å². The van der Waals surface area contributed by atoms with Crippen molar-refractivity contribution < 1.29 is 4.52 Å². The summed E-state index contributed by atoms with van der Waals surface area (Å²) in [6.45, 7) is 0. The highest BCUT2D eigenvalue weighted by Crippen LogP contribution is 2.60. The third-order valence-corrected chi connectivity index (χ3v) is 6.86. The van der Waals surface area contributed by atoms with E-state index in [1.165, 1.54) is 51.4 Å². The van der Waals surface area contributed by atoms with Gasteiger partial charge in [0.2, 0.25) is 5.89 Å². The lowest BCUT2D eigenvalue weighted by Gasteiger charge is -2.55. The molecule has 5 saturated carbocycles. The molecule has 5 heteroatoms. The fourth-order valence-corrected chi connectivity index (χ4v) is 6.25. The highest BCUT2D eigenvalue weighted by molar-refractivity contribution is 5.85. The van der Waals surface area contributed by atoms with Crippen LogP contribution in [0.2, 0.25) is 0 Å². The van der Waals surface area contributed by atoms with Gasteiger partial charge in [0.1, 0.15) is 0 Å². The van der Waals surface area contributed by atoms with Crippen LogP contribution in [0.25, 0.3) is 0 Å². The molecule has 5 fully saturated rings. The molecule has 5 aliphatic rings. The van der Waals surface area contributed by atoms with Gasteiger partial charge in [-0.25, -0.2) is 0 Å². The van der Waals surface area contributed by atoms with Gasteiger partial charge in [-0.15, -0.1) is 12.4 Å². The van der Waals surface area contributed by atoms with Crippen molar-refractivity contribution in [3.05, 3.63) is 11.7 Å². The molecular formula is C17H26ClN3O. The van der Waals surface area contributed by atoms with Gasteiger partial charge in [0.05, 0.1) is 5.54 Å². The quantitative estimate of drug-likeness (QED) is 0.901. The smallest absolute Gasteiger partial charge is 0.246 e. The van der Waals surface area contributed by atoms with Crippen LogP contribution in [-0.4, -0.2) is 10.1 Å². The standard InChI is InChI=1S/C17H25N3O.ClH/c18-17(3-1-2-4-17)15-19-14(20-21-15)16-8-11-5-12(9-16)7-13(6-11)10-16;/h11-13H,1-10,18H2;1H. The number of hydrogen-bond acceptors (Lipinski definition) is 4. The third-order valence-electron chi connectivity index (χ3n) is 6.86. The summed E-state index contributed by atoms with van der Waals surface area (Å²) in [6.07, 6.45) is 12.6. The zero-order valence-electron chi connectivity index (χ0n) is 13.1. The van der Waals surface area contributed by atoms with E-state index in [9.17, 15) is 0 Å². The predicted octanol–water partition coefficient (Wildman–Crippen LogP) is 3.69. The average molecular weight is 324 g/mol. The van der Waals surface area contributed by atoms with Crippen LogP contribution in [0.3, 0.4) is 0 Å². The molecule has 0 amide bonds. The lowest BCUT2D eigenvalue weighted by Crippen LogP contribution is -2.49. The Hall–Kier alpha value is -0.610. The first-order valence-corrected chi connectivity index (χ1v) is 8.79. The maximum Gasteiger partial charge on any atom is 0.246 e. The van der Waals surface area contributed by atoms with Gasteiger partial charge < -0.3 is 10.3 Å². The average Bonchev–Trinajstić information content (AvgIpc) is 3.06. The summed E-state index contributed by atoms with van der Waals surface area (Å²) in [5.74, 6) is 4.45. The van der Waals surface area contributed by atoms with Crippen molar-refractivity contribution in [1.29, 1.82) is 0 Å². The van der Waals surface area contributed by atoms with Gasteiger partial charge in [0, 0.05) is 5.41 Å². The Labute approximate surface area is 138 Å². The third kappa shape index (κ3) is 2.06. The van der Waals surface area contributed by atoms with Crippen LogP contribution in [0.5, 0.6) is 0 Å². The fourth-order valence-electron chi connectivity index (χ4n) is 6.25. The van der Waals surface area contributed by atoms with Gasteiger partial charge in [0.15, 0.2) is 5.82 Å². The molecule has 122 valence electrons. The molecule has 5 aliphatic carbocycles. The van der Waals surface area contributed by atoms with Crippen molar-refractivity contribution in [1.82, 2.24) is 10.1 Å². The van der Waals surface area contributed by atoms with E-state index >= 15 is 0 Å². The number of halogens is 1. The summed E-state index contributed by atoms with van der Waals surface area (Å²) in [7, 11) is 0. The summed E-state index contributed by atoms with van der Waals surface area (Å²) in [5, 5.41) is 4.43. The predicted molar refractivity (Wildman–Crippen MR) is 85.7 cm³/mol. The van der Waals surface area contributed by atoms with Crippen molar-refractivity contribution in [2.75, 3.05) is 0 Å². The number of aromatic nitrogens is 2. The fraction of sp³-hybridized carbons (Fsp3) is 0.882. The van der Waals surface area contributed by atoms with Crippen molar-refractivity contribution >= 4 is 12.4 Å². The Morgan fingerprint density at radius 3 is 2.05 bits per heavy atom. The summed E-state index contributed by atoms with van der Waals surface area (Å²) in [4.78, 5) is 4.85. The Kier molecular flexibility index (Phi) is 3.36. The molecule has 1 heterocycles. The summed E-state index contributed by atoms with van der Waals surface area (Å²) < 4.78 is 5.65. The number of nitrogens with zero attached hydrogens (tertiary/aromatic N) is 2. The highest BCUT2D eigenvalue weighted by atomic mass is 35.5. The van der Waals surface area contributed by atoms with Crippen LogP contribution < -0.4 is 5.73 Å². The summed E-state index contributed by atoms with van der Waals surface area (Å²) >= 11 is 0. The maximum absolute atomic E-state index is 6.49. The van der Waals surface area contributed by atoms with E-state index in [1.54, 1.807) is 0 Å². The molecule has 6 rings (SSSR count). The van der Waals surface area contributed by atoms with Crippen LogP contribution in [0, 0.1) is 17.8 Å². The minimum absolute atomic E-state index is 0. The zero-order valence-corrected chi connectivity index (χ0v) is 13.9. The van der Waals surface area contributed by atoms with Gasteiger partial charge in [-0.1, -0.05) is 18.0 Å².